The second-order valence-electron chi connectivity index (χ2n) is 9.29. The highest BCUT2D eigenvalue weighted by molar-refractivity contribution is 5.92. The third-order valence-electron chi connectivity index (χ3n) is 6.20. The topological polar surface area (TPSA) is 135 Å². The van der Waals surface area contributed by atoms with E-state index in [2.05, 4.69) is 13.2 Å². The summed E-state index contributed by atoms with van der Waals surface area (Å²) in [6, 6.07) is 25.2. The van der Waals surface area contributed by atoms with Gasteiger partial charge in [-0.3, -0.25) is 0 Å². The number of aliphatic hydroxyl groups excluding tert-OH is 1. The number of esters is 4. The Morgan fingerprint density at radius 1 is 0.778 bits per heavy atom. The van der Waals surface area contributed by atoms with E-state index in [0.717, 1.165) is 0 Å². The number of carbonyl (C=O) groups excluding carboxylic acids is 4. The Kier molecular flexibility index (Phi) is 13.5. The van der Waals surface area contributed by atoms with E-state index >= 15 is 0 Å². The van der Waals surface area contributed by atoms with E-state index in [1.165, 1.54) is 30.4 Å². The second kappa shape index (κ2) is 17.7. The van der Waals surface area contributed by atoms with Crippen LogP contribution in [0.1, 0.15) is 39.4 Å². The van der Waals surface area contributed by atoms with Gasteiger partial charge in [0.05, 0.1) is 35.5 Å². The standard InChI is InChI=1S/C26H24O8.C9H10O2.H2/c1-3-11-17(4-2)23(27)34-22-21(33-25(29)19-14-9-6-10-15-19)20(16-31-26(22)30)32-24(28)18-12-7-5-8-13-18;1-2-11-9(10)8-6-4-3-5-7-8;/h3-15,20-22,26,30H,1-2,16H2;3-7H,2H2,1H3;1H/b17-11+;;/t20-,21+,22+,26?;;/m1../s1. The van der Waals surface area contributed by atoms with Crippen molar-refractivity contribution in [1.82, 2.24) is 0 Å². The van der Waals surface area contributed by atoms with Crippen molar-refractivity contribution < 1.29 is 49.4 Å². The molecule has 45 heavy (non-hydrogen) atoms. The molecule has 0 bridgehead atoms. The molecule has 0 aliphatic carbocycles. The van der Waals surface area contributed by atoms with Crippen LogP contribution in [0.15, 0.2) is 128 Å². The van der Waals surface area contributed by atoms with Crippen molar-refractivity contribution in [3.8, 4) is 0 Å². The molecule has 4 atom stereocenters. The number of hydrogen-bond donors (Lipinski definition) is 1. The molecule has 1 unspecified atom stereocenters. The van der Waals surface area contributed by atoms with E-state index in [1.54, 1.807) is 67.6 Å². The Balaban J connectivity index is 0.000000519. The molecule has 0 radical (unpaired) electrons. The summed E-state index contributed by atoms with van der Waals surface area (Å²) in [4.78, 5) is 49.0. The van der Waals surface area contributed by atoms with Gasteiger partial charge in [0.25, 0.3) is 0 Å². The predicted molar refractivity (Wildman–Crippen MR) is 166 cm³/mol. The zero-order chi connectivity index (χ0) is 32.6. The van der Waals surface area contributed by atoms with Gasteiger partial charge in [-0.1, -0.05) is 79.9 Å². The average molecular weight is 617 g/mol. The fourth-order valence-electron chi connectivity index (χ4n) is 4.00. The van der Waals surface area contributed by atoms with Crippen LogP contribution in [0.5, 0.6) is 0 Å². The maximum absolute atomic E-state index is 12.8. The number of benzene rings is 3. The predicted octanol–water partition coefficient (Wildman–Crippen LogP) is 5.11. The summed E-state index contributed by atoms with van der Waals surface area (Å²) in [5, 5.41) is 10.4. The highest BCUT2D eigenvalue weighted by Crippen LogP contribution is 2.25. The zero-order valence-corrected chi connectivity index (χ0v) is 24.7. The first-order chi connectivity index (χ1) is 21.8. The third-order valence-corrected chi connectivity index (χ3v) is 6.20. The monoisotopic (exact) mass is 616 g/mol. The minimum Gasteiger partial charge on any atom is -0.462 e. The van der Waals surface area contributed by atoms with Crippen LogP contribution >= 0.6 is 0 Å². The molecular formula is C35H36O10. The van der Waals surface area contributed by atoms with Gasteiger partial charge < -0.3 is 28.8 Å². The highest BCUT2D eigenvalue weighted by Gasteiger charge is 2.47. The van der Waals surface area contributed by atoms with Crippen molar-refractivity contribution in [1.29, 1.82) is 0 Å². The van der Waals surface area contributed by atoms with Gasteiger partial charge in [0, 0.05) is 1.43 Å². The number of hydrogen-bond acceptors (Lipinski definition) is 10. The second-order valence-corrected chi connectivity index (χ2v) is 9.29. The Labute approximate surface area is 262 Å². The first-order valence-corrected chi connectivity index (χ1v) is 14.0. The van der Waals surface area contributed by atoms with E-state index < -0.39 is 42.5 Å². The fourth-order valence-corrected chi connectivity index (χ4v) is 4.00. The van der Waals surface area contributed by atoms with Crippen LogP contribution in [0.25, 0.3) is 0 Å². The molecule has 1 N–H and O–H groups in total. The third kappa shape index (κ3) is 10.1. The average Bonchev–Trinajstić information content (AvgIpc) is 3.07. The van der Waals surface area contributed by atoms with Crippen LogP contribution in [0, 0.1) is 0 Å². The normalized spacial score (nSPS) is 19.0. The van der Waals surface area contributed by atoms with Crippen LogP contribution in [-0.4, -0.2) is 66.8 Å². The Morgan fingerprint density at radius 2 is 1.27 bits per heavy atom. The summed E-state index contributed by atoms with van der Waals surface area (Å²) in [6.07, 6.45) is -1.68. The van der Waals surface area contributed by atoms with Gasteiger partial charge in [0.1, 0.15) is 0 Å². The van der Waals surface area contributed by atoms with Crippen LogP contribution in [0.4, 0.5) is 0 Å². The molecule has 10 nitrogen and oxygen atoms in total. The molecule has 1 fully saturated rings. The Bertz CT molecular complexity index is 1470. The van der Waals surface area contributed by atoms with Gasteiger partial charge >= 0.3 is 23.9 Å². The molecule has 0 aromatic heterocycles. The van der Waals surface area contributed by atoms with E-state index in [0.29, 0.717) is 12.2 Å². The lowest BCUT2D eigenvalue weighted by molar-refractivity contribution is -0.258. The maximum Gasteiger partial charge on any atom is 0.338 e. The largest absolute Gasteiger partial charge is 0.462 e. The van der Waals surface area contributed by atoms with E-state index in [1.807, 2.05) is 18.2 Å². The SMILES string of the molecule is C=C/C=C(\C=C)C(=O)O[C@@H]1C(O)OC[C@@H](OC(=O)c2ccccc2)[C@@H]1OC(=O)c1ccccc1.CCOC(=O)c1ccccc1.[HH]. The molecule has 10 heteroatoms. The molecule has 1 saturated heterocycles. The van der Waals surface area contributed by atoms with Crippen LogP contribution < -0.4 is 0 Å². The molecule has 4 rings (SSSR count). The first-order valence-electron chi connectivity index (χ1n) is 14.0. The number of rotatable bonds is 10. The van der Waals surface area contributed by atoms with Gasteiger partial charge in [0.15, 0.2) is 24.6 Å². The number of carbonyl (C=O) groups is 4. The minimum absolute atomic E-state index is 0. The molecule has 1 aliphatic heterocycles. The summed E-state index contributed by atoms with van der Waals surface area (Å²) in [7, 11) is 0. The summed E-state index contributed by atoms with van der Waals surface area (Å²) in [5.74, 6) is -2.58. The molecule has 3 aromatic rings. The van der Waals surface area contributed by atoms with E-state index in [9.17, 15) is 24.3 Å². The van der Waals surface area contributed by atoms with Crippen molar-refractivity contribution in [3.63, 3.8) is 0 Å². The number of ether oxygens (including phenoxy) is 5. The van der Waals surface area contributed by atoms with Gasteiger partial charge in [-0.25, -0.2) is 19.2 Å². The molecule has 0 amide bonds. The molecule has 0 saturated carbocycles. The quantitative estimate of drug-likeness (QED) is 0.142. The zero-order valence-electron chi connectivity index (χ0n) is 24.7. The molecule has 236 valence electrons. The molecule has 3 aromatic carbocycles. The lowest BCUT2D eigenvalue weighted by atomic mass is 10.0. The number of aliphatic hydroxyl groups is 1. The Hall–Kier alpha value is -5.32. The van der Waals surface area contributed by atoms with Gasteiger partial charge in [-0.2, -0.15) is 0 Å². The molecule has 0 spiro atoms. The van der Waals surface area contributed by atoms with Gasteiger partial charge in [-0.05, 0) is 49.4 Å². The lowest BCUT2D eigenvalue weighted by Crippen LogP contribution is -2.57. The van der Waals surface area contributed by atoms with Gasteiger partial charge in [0.2, 0.25) is 0 Å². The van der Waals surface area contributed by atoms with Crippen LogP contribution in [0.3, 0.4) is 0 Å². The van der Waals surface area contributed by atoms with Crippen molar-refractivity contribution in [3.05, 3.63) is 145 Å². The van der Waals surface area contributed by atoms with Crippen molar-refractivity contribution in [2.24, 2.45) is 0 Å². The Morgan fingerprint density at radius 3 is 1.73 bits per heavy atom. The summed E-state index contributed by atoms with van der Waals surface area (Å²) in [5.41, 5.74) is 1.14. The first kappa shape index (κ1) is 34.2. The van der Waals surface area contributed by atoms with Crippen molar-refractivity contribution in [2.75, 3.05) is 13.2 Å². The molecule has 1 aliphatic rings. The lowest BCUT2D eigenvalue weighted by Gasteiger charge is -2.38. The van der Waals surface area contributed by atoms with Crippen molar-refractivity contribution >= 4 is 23.9 Å². The molecular weight excluding hydrogens is 580 g/mol. The van der Waals surface area contributed by atoms with Crippen LogP contribution in [0.2, 0.25) is 0 Å². The van der Waals surface area contributed by atoms with Crippen molar-refractivity contribution in [2.45, 2.75) is 31.5 Å². The maximum atomic E-state index is 12.8. The highest BCUT2D eigenvalue weighted by atomic mass is 16.7. The van der Waals surface area contributed by atoms with E-state index in [4.69, 9.17) is 23.7 Å². The summed E-state index contributed by atoms with van der Waals surface area (Å²) in [6.45, 7) is 8.99. The smallest absolute Gasteiger partial charge is 0.338 e. The summed E-state index contributed by atoms with van der Waals surface area (Å²) < 4.78 is 26.6. The fraction of sp³-hybridized carbons (Fsp3) is 0.200. The summed E-state index contributed by atoms with van der Waals surface area (Å²) >= 11 is 0. The molecule has 1 heterocycles. The number of allylic oxidation sites excluding steroid dienone is 2. The minimum atomic E-state index is -1.64. The van der Waals surface area contributed by atoms with Gasteiger partial charge in [-0.15, -0.1) is 0 Å². The van der Waals surface area contributed by atoms with Crippen LogP contribution in [-0.2, 0) is 28.5 Å². The van der Waals surface area contributed by atoms with E-state index in [-0.39, 0.29) is 30.7 Å².